The first kappa shape index (κ1) is 19.8. The fourth-order valence-corrected chi connectivity index (χ4v) is 4.50. The average molecular weight is 375 g/mol. The highest BCUT2D eigenvalue weighted by atomic mass is 19.1. The molecule has 0 bridgehead atoms. The number of halogens is 1. The quantitative estimate of drug-likeness (QED) is 0.813. The Hall–Kier alpha value is -1.95. The lowest BCUT2D eigenvalue weighted by Crippen LogP contribution is -2.53. The van der Waals surface area contributed by atoms with Crippen molar-refractivity contribution in [3.05, 3.63) is 35.6 Å². The van der Waals surface area contributed by atoms with Gasteiger partial charge in [0, 0.05) is 38.2 Å². The number of hydrogen-bond acceptors (Lipinski definition) is 3. The minimum Gasteiger partial charge on any atom is -0.342 e. The van der Waals surface area contributed by atoms with E-state index in [1.165, 1.54) is 6.07 Å². The summed E-state index contributed by atoms with van der Waals surface area (Å²) in [5.41, 5.74) is 0.556. The van der Waals surface area contributed by atoms with Crippen LogP contribution in [-0.2, 0) is 9.59 Å². The zero-order chi connectivity index (χ0) is 19.6. The molecule has 0 saturated carbocycles. The first-order chi connectivity index (χ1) is 12.9. The molecule has 3 rings (SSSR count). The molecule has 2 aliphatic rings. The van der Waals surface area contributed by atoms with Crippen LogP contribution in [-0.4, -0.2) is 66.8 Å². The molecule has 1 aromatic carbocycles. The molecule has 27 heavy (non-hydrogen) atoms. The number of likely N-dealkylation sites (tertiary alicyclic amines) is 2. The molecule has 1 aromatic rings. The van der Waals surface area contributed by atoms with Gasteiger partial charge in [-0.2, -0.15) is 0 Å². The third-order valence-electron chi connectivity index (χ3n) is 6.22. The molecule has 2 heterocycles. The normalized spacial score (nSPS) is 21.0. The van der Waals surface area contributed by atoms with Crippen molar-refractivity contribution in [3.63, 3.8) is 0 Å². The second-order valence-electron chi connectivity index (χ2n) is 8.12. The lowest BCUT2D eigenvalue weighted by Gasteiger charge is -2.48. The summed E-state index contributed by atoms with van der Waals surface area (Å²) in [6, 6.07) is 5.90. The maximum Gasteiger partial charge on any atom is 0.244 e. The number of carbonyl (C=O) groups excluding carboxylic acids is 2. The van der Waals surface area contributed by atoms with E-state index in [4.69, 9.17) is 0 Å². The van der Waals surface area contributed by atoms with Crippen molar-refractivity contribution >= 4 is 11.8 Å². The van der Waals surface area contributed by atoms with Crippen molar-refractivity contribution < 1.29 is 14.0 Å². The van der Waals surface area contributed by atoms with Crippen molar-refractivity contribution in [1.82, 2.24) is 14.7 Å². The Morgan fingerprint density at radius 2 is 1.89 bits per heavy atom. The van der Waals surface area contributed by atoms with Crippen molar-refractivity contribution in [3.8, 4) is 0 Å². The molecule has 2 aliphatic heterocycles. The third kappa shape index (κ3) is 4.00. The molecule has 148 valence electrons. The number of piperidine rings is 2. The number of nitrogens with zero attached hydrogens (tertiary/aromatic N) is 3. The highest BCUT2D eigenvalue weighted by molar-refractivity contribution is 5.83. The Balaban J connectivity index is 1.70. The van der Waals surface area contributed by atoms with Crippen LogP contribution in [0.5, 0.6) is 0 Å². The summed E-state index contributed by atoms with van der Waals surface area (Å²) >= 11 is 0. The van der Waals surface area contributed by atoms with E-state index in [1.54, 1.807) is 23.1 Å². The average Bonchev–Trinajstić information content (AvgIpc) is 2.66. The molecule has 1 spiro atoms. The van der Waals surface area contributed by atoms with Crippen LogP contribution >= 0.6 is 0 Å². The van der Waals surface area contributed by atoms with Crippen molar-refractivity contribution in [1.29, 1.82) is 0 Å². The molecule has 6 heteroatoms. The van der Waals surface area contributed by atoms with E-state index in [-0.39, 0.29) is 23.0 Å². The fourth-order valence-electron chi connectivity index (χ4n) is 4.50. The van der Waals surface area contributed by atoms with Gasteiger partial charge in [-0.1, -0.05) is 18.2 Å². The molecule has 0 N–H and O–H groups in total. The van der Waals surface area contributed by atoms with Gasteiger partial charge in [0.1, 0.15) is 11.9 Å². The summed E-state index contributed by atoms with van der Waals surface area (Å²) in [4.78, 5) is 30.8. The Bertz CT molecular complexity index is 698. The predicted octanol–water partition coefficient (Wildman–Crippen LogP) is 2.68. The highest BCUT2D eigenvalue weighted by Crippen LogP contribution is 2.40. The zero-order valence-corrected chi connectivity index (χ0v) is 16.6. The maximum absolute atomic E-state index is 14.3. The largest absolute Gasteiger partial charge is 0.342 e. The number of likely N-dealkylation sites (N-methyl/N-ethyl adjacent to an activating group) is 1. The second kappa shape index (κ2) is 7.97. The lowest BCUT2D eigenvalue weighted by atomic mass is 9.72. The van der Waals surface area contributed by atoms with Crippen molar-refractivity contribution in [2.75, 3.05) is 40.3 Å². The van der Waals surface area contributed by atoms with E-state index < -0.39 is 6.04 Å². The molecule has 0 aliphatic carbocycles. The molecular weight excluding hydrogens is 345 g/mol. The smallest absolute Gasteiger partial charge is 0.244 e. The summed E-state index contributed by atoms with van der Waals surface area (Å²) in [7, 11) is 3.62. The van der Waals surface area contributed by atoms with Crippen LogP contribution in [0, 0.1) is 11.2 Å². The van der Waals surface area contributed by atoms with E-state index in [9.17, 15) is 14.0 Å². The summed E-state index contributed by atoms with van der Waals surface area (Å²) < 4.78 is 14.3. The van der Waals surface area contributed by atoms with Crippen LogP contribution in [0.25, 0.3) is 0 Å². The summed E-state index contributed by atoms with van der Waals surface area (Å²) in [5.74, 6) is -0.143. The van der Waals surface area contributed by atoms with E-state index in [0.717, 1.165) is 32.4 Å². The molecule has 1 atom stereocenters. The van der Waals surface area contributed by atoms with Crippen LogP contribution in [0.1, 0.15) is 44.2 Å². The molecule has 0 radical (unpaired) electrons. The molecule has 5 nitrogen and oxygen atoms in total. The number of carbonyl (C=O) groups is 2. The first-order valence-corrected chi connectivity index (χ1v) is 9.84. The van der Waals surface area contributed by atoms with Crippen LogP contribution < -0.4 is 0 Å². The Labute approximate surface area is 161 Å². The van der Waals surface area contributed by atoms with Crippen LogP contribution in [0.15, 0.2) is 24.3 Å². The molecule has 0 aromatic heterocycles. The Morgan fingerprint density at radius 1 is 1.22 bits per heavy atom. The fraction of sp³-hybridized carbons (Fsp3) is 0.619. The maximum atomic E-state index is 14.3. The number of benzene rings is 1. The topological polar surface area (TPSA) is 43.9 Å². The molecular formula is C21H30FN3O2. The second-order valence-corrected chi connectivity index (χ2v) is 8.12. The number of rotatable bonds is 4. The highest BCUT2D eigenvalue weighted by Gasteiger charge is 2.42. The zero-order valence-electron chi connectivity index (χ0n) is 16.6. The standard InChI is InChI=1S/C21H30FN3O2/c1-4-24-15-21(10-9-18(24)26)11-13-25(14-12-21)20(27)19(23(2)3)16-7-5-6-8-17(16)22/h5-8,19H,4,9-15H2,1-3H3. The van der Waals surface area contributed by atoms with Gasteiger partial charge in [-0.3, -0.25) is 14.5 Å². The van der Waals surface area contributed by atoms with Crippen molar-refractivity contribution in [2.24, 2.45) is 5.41 Å². The molecule has 2 amide bonds. The first-order valence-electron chi connectivity index (χ1n) is 9.84. The Kier molecular flexibility index (Phi) is 5.84. The third-order valence-corrected chi connectivity index (χ3v) is 6.22. The number of amides is 2. The van der Waals surface area contributed by atoms with Gasteiger partial charge in [0.15, 0.2) is 0 Å². The summed E-state index contributed by atoms with van der Waals surface area (Å²) in [6.07, 6.45) is 3.33. The number of hydrogen-bond donors (Lipinski definition) is 0. The van der Waals surface area contributed by atoms with Crippen LogP contribution in [0.4, 0.5) is 4.39 Å². The van der Waals surface area contributed by atoms with E-state index in [1.807, 2.05) is 30.8 Å². The van der Waals surface area contributed by atoms with Gasteiger partial charge in [0.05, 0.1) is 0 Å². The van der Waals surface area contributed by atoms with Gasteiger partial charge in [0.2, 0.25) is 11.8 Å². The molecule has 2 fully saturated rings. The summed E-state index contributed by atoms with van der Waals surface area (Å²) in [5, 5.41) is 0. The monoisotopic (exact) mass is 375 g/mol. The van der Waals surface area contributed by atoms with Gasteiger partial charge < -0.3 is 9.80 Å². The van der Waals surface area contributed by atoms with Gasteiger partial charge in [-0.15, -0.1) is 0 Å². The van der Waals surface area contributed by atoms with Gasteiger partial charge in [0.25, 0.3) is 0 Å². The van der Waals surface area contributed by atoms with Gasteiger partial charge >= 0.3 is 0 Å². The van der Waals surface area contributed by atoms with Crippen LogP contribution in [0.2, 0.25) is 0 Å². The Morgan fingerprint density at radius 3 is 2.48 bits per heavy atom. The van der Waals surface area contributed by atoms with Gasteiger partial charge in [-0.05, 0) is 51.8 Å². The lowest BCUT2D eigenvalue weighted by molar-refractivity contribution is -0.144. The minimum absolute atomic E-state index is 0.0424. The summed E-state index contributed by atoms with van der Waals surface area (Å²) in [6.45, 7) is 4.91. The van der Waals surface area contributed by atoms with Crippen LogP contribution in [0.3, 0.4) is 0 Å². The predicted molar refractivity (Wildman–Crippen MR) is 103 cm³/mol. The minimum atomic E-state index is -0.611. The molecule has 2 saturated heterocycles. The van der Waals surface area contributed by atoms with E-state index in [2.05, 4.69) is 0 Å². The molecule has 1 unspecified atom stereocenters. The van der Waals surface area contributed by atoms with E-state index >= 15 is 0 Å². The SMILES string of the molecule is CCN1CC2(CCC1=O)CCN(C(=O)C(c1ccccc1F)N(C)C)CC2. The van der Waals surface area contributed by atoms with Crippen molar-refractivity contribution in [2.45, 2.75) is 38.6 Å². The van der Waals surface area contributed by atoms with E-state index in [0.29, 0.717) is 25.1 Å². The van der Waals surface area contributed by atoms with Gasteiger partial charge in [-0.25, -0.2) is 4.39 Å².